The van der Waals surface area contributed by atoms with Gasteiger partial charge in [0, 0.05) is 31.1 Å². The standard InChI is InChI=1S/C18H24N4O.CH2O2/c1-2-13-6-7-15-16(11-13)19-20-17(15)18(23)22-10-9-21-8-4-3-5-14(21)12-22;2-1-3/h6-7,11,14H,2-5,8-10,12H2,1H3,(H,19,20);1H,(H,2,3). The van der Waals surface area contributed by atoms with Gasteiger partial charge < -0.3 is 10.0 Å². The van der Waals surface area contributed by atoms with E-state index in [-0.39, 0.29) is 12.4 Å². The van der Waals surface area contributed by atoms with Crippen LogP contribution in [0, 0.1) is 0 Å². The molecule has 7 nitrogen and oxygen atoms in total. The SMILES string of the molecule is CCc1ccc2c(C(=O)N3CCN4CCCCC4C3)n[nH]c2c1.O=CO. The Balaban J connectivity index is 0.000000613. The van der Waals surface area contributed by atoms with Crippen molar-refractivity contribution in [2.24, 2.45) is 0 Å². The van der Waals surface area contributed by atoms with Crippen LogP contribution in [0.2, 0.25) is 0 Å². The summed E-state index contributed by atoms with van der Waals surface area (Å²) >= 11 is 0. The minimum Gasteiger partial charge on any atom is -0.483 e. The number of carbonyl (C=O) groups is 2. The fourth-order valence-corrected chi connectivity index (χ4v) is 3.94. The maximum atomic E-state index is 12.9. The van der Waals surface area contributed by atoms with Gasteiger partial charge in [-0.25, -0.2) is 0 Å². The van der Waals surface area contributed by atoms with E-state index in [9.17, 15) is 4.79 Å². The average molecular weight is 358 g/mol. The number of nitrogens with one attached hydrogen (secondary N) is 1. The first kappa shape index (κ1) is 18.4. The fraction of sp³-hybridized carbons (Fsp3) is 0.526. The van der Waals surface area contributed by atoms with Crippen LogP contribution in [0.25, 0.3) is 10.9 Å². The molecule has 2 fully saturated rings. The van der Waals surface area contributed by atoms with Crippen molar-refractivity contribution in [2.45, 2.75) is 38.6 Å². The van der Waals surface area contributed by atoms with Gasteiger partial charge in [0.2, 0.25) is 0 Å². The summed E-state index contributed by atoms with van der Waals surface area (Å²) in [6.45, 7) is 5.74. The van der Waals surface area contributed by atoms with Crippen LogP contribution >= 0.6 is 0 Å². The van der Waals surface area contributed by atoms with Crippen molar-refractivity contribution in [1.82, 2.24) is 20.0 Å². The summed E-state index contributed by atoms with van der Waals surface area (Å²) in [6.07, 6.45) is 4.79. The molecule has 0 spiro atoms. The Hall–Kier alpha value is -2.41. The Kier molecular flexibility index (Phi) is 5.88. The molecule has 2 N–H and O–H groups in total. The van der Waals surface area contributed by atoms with E-state index in [0.717, 1.165) is 37.0 Å². The quantitative estimate of drug-likeness (QED) is 0.803. The van der Waals surface area contributed by atoms with E-state index in [2.05, 4.69) is 34.2 Å². The highest BCUT2D eigenvalue weighted by atomic mass is 16.3. The van der Waals surface area contributed by atoms with Crippen LogP contribution in [0.5, 0.6) is 0 Å². The lowest BCUT2D eigenvalue weighted by Gasteiger charge is -2.43. The van der Waals surface area contributed by atoms with Crippen molar-refractivity contribution in [3.63, 3.8) is 0 Å². The number of fused-ring (bicyclic) bond motifs is 2. The first-order valence-electron chi connectivity index (χ1n) is 9.26. The number of carbonyl (C=O) groups excluding carboxylic acids is 1. The number of benzene rings is 1. The highest BCUT2D eigenvalue weighted by molar-refractivity contribution is 6.04. The highest BCUT2D eigenvalue weighted by Gasteiger charge is 2.32. The van der Waals surface area contributed by atoms with Gasteiger partial charge in [-0.05, 0) is 37.4 Å². The summed E-state index contributed by atoms with van der Waals surface area (Å²) in [5, 5.41) is 15.2. The normalized spacial score (nSPS) is 20.2. The van der Waals surface area contributed by atoms with Gasteiger partial charge in [0.15, 0.2) is 5.69 Å². The van der Waals surface area contributed by atoms with Crippen LogP contribution in [0.3, 0.4) is 0 Å². The maximum Gasteiger partial charge on any atom is 0.290 e. The Bertz CT molecular complexity index is 773. The van der Waals surface area contributed by atoms with Crippen molar-refractivity contribution in [3.8, 4) is 0 Å². The van der Waals surface area contributed by atoms with E-state index in [0.29, 0.717) is 11.7 Å². The average Bonchev–Trinajstić information content (AvgIpc) is 3.10. The zero-order chi connectivity index (χ0) is 18.5. The molecule has 26 heavy (non-hydrogen) atoms. The molecule has 7 heteroatoms. The van der Waals surface area contributed by atoms with Gasteiger partial charge in [0.25, 0.3) is 12.4 Å². The summed E-state index contributed by atoms with van der Waals surface area (Å²) in [7, 11) is 0. The predicted molar refractivity (Wildman–Crippen MR) is 99.3 cm³/mol. The molecule has 3 heterocycles. The van der Waals surface area contributed by atoms with E-state index < -0.39 is 0 Å². The second kappa shape index (κ2) is 8.31. The van der Waals surface area contributed by atoms with Crippen LogP contribution in [-0.4, -0.2) is 69.7 Å². The van der Waals surface area contributed by atoms with Gasteiger partial charge >= 0.3 is 0 Å². The highest BCUT2D eigenvalue weighted by Crippen LogP contribution is 2.24. The summed E-state index contributed by atoms with van der Waals surface area (Å²) in [4.78, 5) is 25.8. The minimum atomic E-state index is -0.250. The first-order chi connectivity index (χ1) is 12.7. The lowest BCUT2D eigenvalue weighted by atomic mass is 9.99. The van der Waals surface area contributed by atoms with Crippen LogP contribution < -0.4 is 0 Å². The van der Waals surface area contributed by atoms with Crippen LogP contribution in [-0.2, 0) is 11.2 Å². The summed E-state index contributed by atoms with van der Waals surface area (Å²) in [6, 6.07) is 6.76. The molecule has 0 bridgehead atoms. The monoisotopic (exact) mass is 358 g/mol. The van der Waals surface area contributed by atoms with E-state index in [1.165, 1.54) is 31.4 Å². The number of rotatable bonds is 2. The lowest BCUT2D eigenvalue weighted by molar-refractivity contribution is -0.122. The smallest absolute Gasteiger partial charge is 0.290 e. The van der Waals surface area contributed by atoms with Crippen molar-refractivity contribution < 1.29 is 14.7 Å². The van der Waals surface area contributed by atoms with Gasteiger partial charge in [-0.15, -0.1) is 0 Å². The lowest BCUT2D eigenvalue weighted by Crippen LogP contribution is -2.56. The van der Waals surface area contributed by atoms with E-state index in [1.807, 2.05) is 11.0 Å². The molecule has 4 rings (SSSR count). The first-order valence-corrected chi connectivity index (χ1v) is 9.26. The summed E-state index contributed by atoms with van der Waals surface area (Å²) in [5.41, 5.74) is 2.80. The number of aryl methyl sites for hydroxylation is 1. The van der Waals surface area contributed by atoms with Gasteiger partial charge in [0.1, 0.15) is 0 Å². The predicted octanol–water partition coefficient (Wildman–Crippen LogP) is 2.14. The Morgan fingerprint density at radius 3 is 2.92 bits per heavy atom. The number of amides is 1. The van der Waals surface area contributed by atoms with Crippen LogP contribution in [0.1, 0.15) is 42.2 Å². The summed E-state index contributed by atoms with van der Waals surface area (Å²) in [5.74, 6) is 0.0747. The van der Waals surface area contributed by atoms with E-state index >= 15 is 0 Å². The largest absolute Gasteiger partial charge is 0.483 e. The third-order valence-corrected chi connectivity index (χ3v) is 5.36. The number of piperidine rings is 1. The second-order valence-corrected chi connectivity index (χ2v) is 6.85. The second-order valence-electron chi connectivity index (χ2n) is 6.85. The van der Waals surface area contributed by atoms with Crippen molar-refractivity contribution in [2.75, 3.05) is 26.2 Å². The zero-order valence-electron chi connectivity index (χ0n) is 15.1. The number of nitrogens with zero attached hydrogens (tertiary/aromatic N) is 3. The number of piperazine rings is 1. The molecule has 0 radical (unpaired) electrons. The van der Waals surface area contributed by atoms with E-state index in [1.54, 1.807) is 0 Å². The molecule has 0 aliphatic carbocycles. The Labute approximate surface area is 153 Å². The summed E-state index contributed by atoms with van der Waals surface area (Å²) < 4.78 is 0. The van der Waals surface area contributed by atoms with Gasteiger partial charge in [-0.3, -0.25) is 19.6 Å². The number of carboxylic acid groups (broad SMARTS) is 1. The molecular weight excluding hydrogens is 332 g/mol. The molecule has 1 unspecified atom stereocenters. The molecule has 2 aliphatic rings. The number of aromatic nitrogens is 2. The molecule has 1 aromatic heterocycles. The van der Waals surface area contributed by atoms with Gasteiger partial charge in [-0.2, -0.15) is 5.10 Å². The van der Waals surface area contributed by atoms with Crippen molar-refractivity contribution in [3.05, 3.63) is 29.5 Å². The Morgan fingerprint density at radius 1 is 1.35 bits per heavy atom. The molecule has 1 atom stereocenters. The molecule has 2 aromatic rings. The molecule has 1 aromatic carbocycles. The molecular formula is C19H26N4O3. The maximum absolute atomic E-state index is 12.9. The van der Waals surface area contributed by atoms with Crippen LogP contribution in [0.15, 0.2) is 18.2 Å². The molecule has 2 saturated heterocycles. The van der Waals surface area contributed by atoms with Gasteiger partial charge in [0.05, 0.1) is 5.52 Å². The van der Waals surface area contributed by atoms with Crippen molar-refractivity contribution in [1.29, 1.82) is 0 Å². The van der Waals surface area contributed by atoms with Gasteiger partial charge in [-0.1, -0.05) is 25.5 Å². The number of aromatic amines is 1. The van der Waals surface area contributed by atoms with E-state index in [4.69, 9.17) is 9.90 Å². The van der Waals surface area contributed by atoms with Crippen molar-refractivity contribution >= 4 is 23.3 Å². The molecule has 0 saturated carbocycles. The fourth-order valence-electron chi connectivity index (χ4n) is 3.94. The zero-order valence-corrected chi connectivity index (χ0v) is 15.1. The third-order valence-electron chi connectivity index (χ3n) is 5.36. The minimum absolute atomic E-state index is 0.0747. The molecule has 1 amide bonds. The Morgan fingerprint density at radius 2 is 2.15 bits per heavy atom. The third kappa shape index (κ3) is 3.72. The number of hydrogen-bond acceptors (Lipinski definition) is 4. The van der Waals surface area contributed by atoms with Crippen LogP contribution in [0.4, 0.5) is 0 Å². The molecule has 140 valence electrons. The number of hydrogen-bond donors (Lipinski definition) is 2. The number of H-pyrrole nitrogens is 1. The topological polar surface area (TPSA) is 89.5 Å². The molecule has 2 aliphatic heterocycles.